The molecule has 1 amide bonds. The molecule has 0 spiro atoms. The van der Waals surface area contributed by atoms with Crippen LogP contribution in [0.5, 0.6) is 0 Å². The Balaban J connectivity index is 2.21. The molecule has 1 saturated heterocycles. The fourth-order valence-electron chi connectivity index (χ4n) is 1.24. The normalized spacial score (nSPS) is 29.8. The van der Waals surface area contributed by atoms with Gasteiger partial charge >= 0.3 is 6.09 Å². The molecule has 0 aromatic carbocycles. The Morgan fingerprint density at radius 2 is 2.33 bits per heavy atom. The van der Waals surface area contributed by atoms with Crippen LogP contribution in [0.15, 0.2) is 0 Å². The van der Waals surface area contributed by atoms with E-state index in [2.05, 4.69) is 5.32 Å². The monoisotopic (exact) mass is 175 g/mol. The van der Waals surface area contributed by atoms with Crippen LogP contribution in [0.3, 0.4) is 0 Å². The maximum absolute atomic E-state index is 10.2. The van der Waals surface area contributed by atoms with Crippen LogP contribution in [0.4, 0.5) is 4.79 Å². The van der Waals surface area contributed by atoms with Gasteiger partial charge in [-0.1, -0.05) is 0 Å². The fraction of sp³-hybridized carbons (Fsp3) is 0.857. The standard InChI is InChI=1S/C7H13NO4/c9-3-6-2-1-5(4-12-6)8-7(10)11/h5-6,8-9H,1-4H2,(H,10,11)/t5-,6+/m1/s1. The molecule has 0 aromatic rings. The summed E-state index contributed by atoms with van der Waals surface area (Å²) in [5, 5.41) is 19.4. The lowest BCUT2D eigenvalue weighted by Gasteiger charge is -2.27. The molecular formula is C7H13NO4. The van der Waals surface area contributed by atoms with Crippen LogP contribution in [0, 0.1) is 0 Å². The van der Waals surface area contributed by atoms with E-state index in [1.165, 1.54) is 0 Å². The second-order valence-electron chi connectivity index (χ2n) is 2.86. The van der Waals surface area contributed by atoms with Crippen molar-refractivity contribution in [3.8, 4) is 0 Å². The van der Waals surface area contributed by atoms with Gasteiger partial charge in [0.1, 0.15) is 0 Å². The minimum Gasteiger partial charge on any atom is -0.465 e. The third kappa shape index (κ3) is 2.67. The molecule has 0 aromatic heterocycles. The predicted molar refractivity (Wildman–Crippen MR) is 41.0 cm³/mol. The molecule has 5 nitrogen and oxygen atoms in total. The van der Waals surface area contributed by atoms with Gasteiger partial charge in [0, 0.05) is 0 Å². The van der Waals surface area contributed by atoms with Crippen molar-refractivity contribution in [1.82, 2.24) is 5.32 Å². The summed E-state index contributed by atoms with van der Waals surface area (Å²) in [4.78, 5) is 10.2. The van der Waals surface area contributed by atoms with Crippen molar-refractivity contribution in [2.45, 2.75) is 25.0 Å². The first-order valence-corrected chi connectivity index (χ1v) is 3.94. The number of ether oxygens (including phenoxy) is 1. The van der Waals surface area contributed by atoms with Gasteiger partial charge in [0.25, 0.3) is 0 Å². The highest BCUT2D eigenvalue weighted by Crippen LogP contribution is 2.12. The topological polar surface area (TPSA) is 78.8 Å². The second kappa shape index (κ2) is 4.27. The van der Waals surface area contributed by atoms with Gasteiger partial charge < -0.3 is 20.3 Å². The Morgan fingerprint density at radius 3 is 2.75 bits per heavy atom. The fourth-order valence-corrected chi connectivity index (χ4v) is 1.24. The van der Waals surface area contributed by atoms with Crippen LogP contribution >= 0.6 is 0 Å². The molecule has 0 radical (unpaired) electrons. The minimum absolute atomic E-state index is 0.0137. The van der Waals surface area contributed by atoms with E-state index in [0.29, 0.717) is 13.0 Å². The van der Waals surface area contributed by atoms with E-state index in [4.69, 9.17) is 14.9 Å². The SMILES string of the molecule is O=C(O)N[C@@H]1CC[C@@H](CO)OC1. The molecule has 0 bridgehead atoms. The van der Waals surface area contributed by atoms with Crippen LogP contribution in [0.2, 0.25) is 0 Å². The number of aliphatic hydroxyl groups is 1. The van der Waals surface area contributed by atoms with Crippen molar-refractivity contribution >= 4 is 6.09 Å². The first kappa shape index (κ1) is 9.28. The summed E-state index contributed by atoms with van der Waals surface area (Å²) in [6, 6.07) is -0.120. The number of carboxylic acid groups (broad SMARTS) is 1. The molecule has 12 heavy (non-hydrogen) atoms. The number of nitrogens with one attached hydrogen (secondary N) is 1. The summed E-state index contributed by atoms with van der Waals surface area (Å²) >= 11 is 0. The van der Waals surface area contributed by atoms with E-state index in [-0.39, 0.29) is 18.8 Å². The van der Waals surface area contributed by atoms with E-state index in [0.717, 1.165) is 6.42 Å². The lowest BCUT2D eigenvalue weighted by molar-refractivity contribution is -0.0306. The molecule has 0 unspecified atom stereocenters. The number of rotatable bonds is 2. The molecular weight excluding hydrogens is 162 g/mol. The van der Waals surface area contributed by atoms with Gasteiger partial charge in [-0.15, -0.1) is 0 Å². The van der Waals surface area contributed by atoms with Crippen molar-refractivity contribution < 1.29 is 19.7 Å². The Bertz CT molecular complexity index is 153. The molecule has 1 aliphatic heterocycles. The molecule has 3 N–H and O–H groups in total. The Hall–Kier alpha value is -0.810. The number of aliphatic hydroxyl groups excluding tert-OH is 1. The number of amides is 1. The molecule has 0 saturated carbocycles. The molecule has 1 rings (SSSR count). The third-order valence-electron chi connectivity index (χ3n) is 1.90. The summed E-state index contributed by atoms with van der Waals surface area (Å²) in [7, 11) is 0. The summed E-state index contributed by atoms with van der Waals surface area (Å²) in [5.41, 5.74) is 0. The van der Waals surface area contributed by atoms with Gasteiger partial charge in [-0.05, 0) is 12.8 Å². The van der Waals surface area contributed by atoms with Gasteiger partial charge in [-0.2, -0.15) is 0 Å². The maximum atomic E-state index is 10.2. The number of hydrogen-bond acceptors (Lipinski definition) is 3. The lowest BCUT2D eigenvalue weighted by atomic mass is 10.1. The van der Waals surface area contributed by atoms with Crippen LogP contribution in [0.1, 0.15) is 12.8 Å². The van der Waals surface area contributed by atoms with Gasteiger partial charge in [-0.25, -0.2) is 4.79 Å². The first-order valence-electron chi connectivity index (χ1n) is 3.94. The van der Waals surface area contributed by atoms with Crippen molar-refractivity contribution in [1.29, 1.82) is 0 Å². The van der Waals surface area contributed by atoms with Crippen LogP contribution in [0.25, 0.3) is 0 Å². The highest BCUT2D eigenvalue weighted by molar-refractivity contribution is 5.64. The van der Waals surface area contributed by atoms with Gasteiger partial charge in [0.15, 0.2) is 0 Å². The van der Waals surface area contributed by atoms with Crippen molar-refractivity contribution in [2.24, 2.45) is 0 Å². The zero-order chi connectivity index (χ0) is 8.97. The Kier molecular flexibility index (Phi) is 3.31. The molecule has 2 atom stereocenters. The summed E-state index contributed by atoms with van der Waals surface area (Å²) in [6.07, 6.45) is 0.307. The van der Waals surface area contributed by atoms with E-state index < -0.39 is 6.09 Å². The molecule has 70 valence electrons. The van der Waals surface area contributed by atoms with Gasteiger partial charge in [-0.3, -0.25) is 0 Å². The predicted octanol–water partition coefficient (Wildman–Crippen LogP) is -0.206. The first-order chi connectivity index (χ1) is 5.72. The third-order valence-corrected chi connectivity index (χ3v) is 1.90. The van der Waals surface area contributed by atoms with E-state index >= 15 is 0 Å². The minimum atomic E-state index is -1.02. The highest BCUT2D eigenvalue weighted by Gasteiger charge is 2.21. The Morgan fingerprint density at radius 1 is 1.58 bits per heavy atom. The largest absolute Gasteiger partial charge is 0.465 e. The molecule has 1 aliphatic rings. The zero-order valence-corrected chi connectivity index (χ0v) is 6.69. The average Bonchev–Trinajstić information content (AvgIpc) is 2.05. The molecule has 0 aliphatic carbocycles. The molecule has 5 heteroatoms. The van der Waals surface area contributed by atoms with Gasteiger partial charge in [0.2, 0.25) is 0 Å². The van der Waals surface area contributed by atoms with Crippen molar-refractivity contribution in [2.75, 3.05) is 13.2 Å². The van der Waals surface area contributed by atoms with E-state index in [9.17, 15) is 4.79 Å². The summed E-state index contributed by atoms with van der Waals surface area (Å²) < 4.78 is 5.16. The van der Waals surface area contributed by atoms with E-state index in [1.807, 2.05) is 0 Å². The zero-order valence-electron chi connectivity index (χ0n) is 6.69. The smallest absolute Gasteiger partial charge is 0.404 e. The summed E-state index contributed by atoms with van der Waals surface area (Å²) in [6.45, 7) is 0.372. The van der Waals surface area contributed by atoms with Crippen LogP contribution in [-0.4, -0.2) is 41.7 Å². The average molecular weight is 175 g/mol. The quantitative estimate of drug-likeness (QED) is 0.542. The second-order valence-corrected chi connectivity index (χ2v) is 2.86. The lowest BCUT2D eigenvalue weighted by Crippen LogP contribution is -2.42. The van der Waals surface area contributed by atoms with Crippen molar-refractivity contribution in [3.05, 3.63) is 0 Å². The molecule has 1 heterocycles. The molecule has 1 fully saturated rings. The highest BCUT2D eigenvalue weighted by atomic mass is 16.5. The maximum Gasteiger partial charge on any atom is 0.404 e. The van der Waals surface area contributed by atoms with Crippen molar-refractivity contribution in [3.63, 3.8) is 0 Å². The Labute approximate surface area is 70.3 Å². The van der Waals surface area contributed by atoms with Crippen LogP contribution in [-0.2, 0) is 4.74 Å². The number of hydrogen-bond donors (Lipinski definition) is 3. The van der Waals surface area contributed by atoms with E-state index in [1.54, 1.807) is 0 Å². The summed E-state index contributed by atoms with van der Waals surface area (Å²) in [5.74, 6) is 0. The number of carbonyl (C=O) groups is 1. The van der Waals surface area contributed by atoms with Gasteiger partial charge in [0.05, 0.1) is 25.4 Å². The van der Waals surface area contributed by atoms with Crippen LogP contribution < -0.4 is 5.32 Å².